The lowest BCUT2D eigenvalue weighted by molar-refractivity contribution is -0.172. The molecule has 8 N–H and O–H groups in total. The van der Waals surface area contributed by atoms with Gasteiger partial charge in [0.25, 0.3) is 22.9 Å². The molecular formula is C89H110F2N12O20. The van der Waals surface area contributed by atoms with E-state index in [0.29, 0.717) is 142 Å². The number of ether oxygens (including phenoxy) is 4. The predicted molar refractivity (Wildman–Crippen MR) is 444 cm³/mol. The van der Waals surface area contributed by atoms with Gasteiger partial charge in [0.1, 0.15) is 62.5 Å². The summed E-state index contributed by atoms with van der Waals surface area (Å²) in [7, 11) is 0. The van der Waals surface area contributed by atoms with Crippen LogP contribution in [0.5, 0.6) is 0 Å². The van der Waals surface area contributed by atoms with E-state index in [0.717, 1.165) is 37.9 Å². The summed E-state index contributed by atoms with van der Waals surface area (Å²) in [5.74, 6) is -6.79. The van der Waals surface area contributed by atoms with Gasteiger partial charge in [0.05, 0.1) is 58.0 Å². The molecule has 1 fully saturated rings. The number of aryl methyl sites for hydroxylation is 2. The molecule has 1 unspecified atom stereocenters. The number of aromatic nitrogens is 4. The molecule has 12 rings (SSSR count). The topological polar surface area (TPSA) is 431 Å². The summed E-state index contributed by atoms with van der Waals surface area (Å²) in [6.45, 7) is 19.7. The summed E-state index contributed by atoms with van der Waals surface area (Å²) in [6, 6.07) is 6.32. The van der Waals surface area contributed by atoms with Crippen molar-refractivity contribution in [3.63, 3.8) is 0 Å². The van der Waals surface area contributed by atoms with E-state index in [9.17, 15) is 77.3 Å². The Morgan fingerprint density at radius 1 is 0.537 bits per heavy atom. The second-order valence-corrected chi connectivity index (χ2v) is 33.2. The van der Waals surface area contributed by atoms with Crippen LogP contribution >= 0.6 is 0 Å². The SMILES string of the molecule is CC[C@@]1(O)C(=O)OCc2c1cc1n(c2=O)Cc2cc3c(CCCCOCNC(=O)[C@H](C)NC(=O)[C@@H](NC(=O)CCCCCN4C(=O)C=CC4=O)C(C)C)c(C)c(F)cc3nc2-1.CC[C@@]1(O)C(=O)OCc2c1cc1n(c2=O)Cc2cc3c(CCCCOCNC(=O)[C@H](C)NC(=O)[C@@H](NC(=O)CCCCCN4C(=O)CC(C)C4=O)C(C)C)c(C)c(F)cc3nc2-1. The zero-order valence-corrected chi connectivity index (χ0v) is 71.4. The Kier molecular flexibility index (Phi) is 29.9. The molecule has 4 aromatic heterocycles. The van der Waals surface area contributed by atoms with Crippen LogP contribution in [0.25, 0.3) is 44.6 Å². The number of esters is 2. The van der Waals surface area contributed by atoms with Crippen molar-refractivity contribution in [1.29, 1.82) is 0 Å². The Balaban J connectivity index is 0.000000240. The molecule has 10 amide bonds. The van der Waals surface area contributed by atoms with Gasteiger partial charge in [0.2, 0.25) is 47.3 Å². The maximum Gasteiger partial charge on any atom is 0.343 e. The van der Waals surface area contributed by atoms with E-state index in [1.54, 1.807) is 83.6 Å². The Morgan fingerprint density at radius 3 is 1.33 bits per heavy atom. The number of nitrogens with one attached hydrogen (secondary N) is 6. The lowest BCUT2D eigenvalue weighted by atomic mass is 9.86. The standard InChI is InChI=1S/C45H57FN6O10.C44H53FN6O10/c1-7-45(60)32-19-35-39-28(21-52(35)43(58)31(32)22-62-44(45)59)18-30-29(26(5)33(46)20-34(30)49-39)13-10-12-16-61-23-47-40(55)27(6)48-41(56)38(24(2)3)50-36(53)14-9-8-11-15-51-37(54)17-25(4)42(51)57;1-6-44(59)31-19-34-39-27(21-51(34)42(57)30(31)22-61-43(44)58)18-29-28(25(4)32(45)20-33(29)48-39)12-9-11-17-60-23-46-40(55)26(5)47-41(56)38(24(2)3)49-35(52)13-8-7-10-16-50-36(53)14-15-37(50)54/h18-20,24-25,27,38,60H,7-17,21-23H2,1-6H3,(H,47,55)(H,48,56)(H,50,53);14-15,18-20,24,26,38,59H,6-13,16-17,21-23H2,1-5H3,(H,46,55)(H,47,56)(H,49,52)/t25?,27-,38-,45-;26-,38-,44-/m00/s1. The average Bonchev–Trinajstić information content (AvgIpc) is 1.59. The van der Waals surface area contributed by atoms with E-state index in [1.807, 2.05) is 12.1 Å². The van der Waals surface area contributed by atoms with Crippen molar-refractivity contribution in [3.8, 4) is 22.8 Å². The molecule has 2 aromatic carbocycles. The number of nitrogens with zero attached hydrogens (tertiary/aromatic N) is 6. The third-order valence-corrected chi connectivity index (χ3v) is 23.9. The van der Waals surface area contributed by atoms with E-state index < -0.39 is 82.6 Å². The quantitative estimate of drug-likeness (QED) is 0.00872. The second-order valence-electron chi connectivity index (χ2n) is 33.2. The molecule has 123 heavy (non-hydrogen) atoms. The summed E-state index contributed by atoms with van der Waals surface area (Å²) < 4.78 is 55.3. The molecule has 660 valence electrons. The third kappa shape index (κ3) is 20.3. The molecule has 1 saturated heterocycles. The molecule has 6 aliphatic heterocycles. The first-order valence-electron chi connectivity index (χ1n) is 42.4. The summed E-state index contributed by atoms with van der Waals surface area (Å²) >= 11 is 0. The molecule has 0 radical (unpaired) electrons. The van der Waals surface area contributed by atoms with Gasteiger partial charge in [-0.15, -0.1) is 0 Å². The van der Waals surface area contributed by atoms with Gasteiger partial charge < -0.3 is 70.2 Å². The number of pyridine rings is 4. The fourth-order valence-electron chi connectivity index (χ4n) is 16.4. The Hall–Kier alpha value is -11.4. The second kappa shape index (κ2) is 39.9. The minimum absolute atomic E-state index is 0.0230. The van der Waals surface area contributed by atoms with Crippen LogP contribution in [0.15, 0.2) is 58.1 Å². The molecule has 0 bridgehead atoms. The number of carbonyl (C=O) groups excluding carboxylic acids is 12. The van der Waals surface area contributed by atoms with Gasteiger partial charge in [-0.2, -0.15) is 0 Å². The predicted octanol–water partition coefficient (Wildman–Crippen LogP) is 6.61. The molecule has 10 heterocycles. The molecule has 0 saturated carbocycles. The van der Waals surface area contributed by atoms with E-state index in [-0.39, 0.29) is 165 Å². The number of carbonyl (C=O) groups is 12. The van der Waals surface area contributed by atoms with E-state index in [2.05, 4.69) is 31.9 Å². The number of amides is 10. The molecule has 7 atom stereocenters. The molecule has 32 nitrogen and oxygen atoms in total. The van der Waals surface area contributed by atoms with Crippen LogP contribution in [-0.4, -0.2) is 174 Å². The number of aliphatic hydroxyl groups is 2. The number of likely N-dealkylation sites (tertiary alicyclic amines) is 1. The monoisotopic (exact) mass is 1700 g/mol. The van der Waals surface area contributed by atoms with Gasteiger partial charge in [-0.05, 0) is 163 Å². The van der Waals surface area contributed by atoms with Crippen molar-refractivity contribution in [2.75, 3.05) is 39.8 Å². The third-order valence-electron chi connectivity index (χ3n) is 23.9. The van der Waals surface area contributed by atoms with Crippen molar-refractivity contribution in [2.24, 2.45) is 17.8 Å². The Labute approximate surface area is 709 Å². The van der Waals surface area contributed by atoms with Crippen LogP contribution in [0.3, 0.4) is 0 Å². The Bertz CT molecular complexity index is 5330. The lowest BCUT2D eigenvalue weighted by Crippen LogP contribution is -2.54. The first-order valence-corrected chi connectivity index (χ1v) is 42.4. The largest absolute Gasteiger partial charge is 0.458 e. The zero-order chi connectivity index (χ0) is 89.2. The van der Waals surface area contributed by atoms with Crippen molar-refractivity contribution < 1.29 is 95.5 Å². The highest BCUT2D eigenvalue weighted by molar-refractivity contribution is 6.13. The molecular weight excluding hydrogens is 1600 g/mol. The summed E-state index contributed by atoms with van der Waals surface area (Å²) in [4.78, 5) is 189. The minimum Gasteiger partial charge on any atom is -0.458 e. The highest BCUT2D eigenvalue weighted by Crippen LogP contribution is 2.42. The number of rotatable bonds is 38. The van der Waals surface area contributed by atoms with Crippen molar-refractivity contribution in [2.45, 2.75) is 247 Å². The lowest BCUT2D eigenvalue weighted by Gasteiger charge is -2.31. The number of hydrogen-bond donors (Lipinski definition) is 8. The number of benzene rings is 2. The molecule has 6 aromatic rings. The van der Waals surface area contributed by atoms with Crippen LogP contribution in [0.2, 0.25) is 0 Å². The number of hydrogen-bond acceptors (Lipinski definition) is 22. The van der Waals surface area contributed by atoms with Crippen molar-refractivity contribution in [1.82, 2.24) is 60.8 Å². The minimum atomic E-state index is -1.95. The van der Waals surface area contributed by atoms with Crippen LogP contribution in [-0.2, 0) is 127 Å². The van der Waals surface area contributed by atoms with Gasteiger partial charge >= 0.3 is 11.9 Å². The van der Waals surface area contributed by atoms with Gasteiger partial charge in [-0.25, -0.2) is 28.3 Å². The molecule has 34 heteroatoms. The van der Waals surface area contributed by atoms with Crippen molar-refractivity contribution in [3.05, 3.63) is 137 Å². The summed E-state index contributed by atoms with van der Waals surface area (Å²) in [5.41, 5.74) is 3.00. The van der Waals surface area contributed by atoms with E-state index in [4.69, 9.17) is 28.9 Å². The van der Waals surface area contributed by atoms with Crippen LogP contribution in [0, 0.1) is 43.2 Å². The zero-order valence-electron chi connectivity index (χ0n) is 71.4. The normalized spacial score (nSPS) is 18.3. The van der Waals surface area contributed by atoms with Gasteiger partial charge in [-0.1, -0.05) is 61.3 Å². The number of halogens is 2. The first kappa shape index (κ1) is 92.4. The summed E-state index contributed by atoms with van der Waals surface area (Å²) in [6.07, 6.45) is 10.0. The number of cyclic esters (lactones) is 2. The van der Waals surface area contributed by atoms with Gasteiger partial charge in [0, 0.05) is 109 Å². The van der Waals surface area contributed by atoms with Gasteiger partial charge in [0.15, 0.2) is 11.2 Å². The maximum atomic E-state index is 15.3. The Morgan fingerprint density at radius 2 is 0.943 bits per heavy atom. The number of unbranched alkanes of at least 4 members (excludes halogenated alkanes) is 6. The highest BCUT2D eigenvalue weighted by Gasteiger charge is 2.48. The number of imide groups is 2. The molecule has 6 aliphatic rings. The molecule has 0 aliphatic carbocycles. The van der Waals surface area contributed by atoms with Crippen LogP contribution in [0.1, 0.15) is 214 Å². The maximum absolute atomic E-state index is 15.3. The first-order chi connectivity index (χ1) is 58.5. The van der Waals surface area contributed by atoms with Crippen molar-refractivity contribution >= 4 is 92.8 Å². The fraction of sp³-hybridized carbons (Fsp3) is 0.528. The van der Waals surface area contributed by atoms with E-state index >= 15 is 8.78 Å². The van der Waals surface area contributed by atoms with Crippen LogP contribution in [0.4, 0.5) is 8.78 Å². The smallest absolute Gasteiger partial charge is 0.343 e. The fourth-order valence-corrected chi connectivity index (χ4v) is 16.4. The highest BCUT2D eigenvalue weighted by atomic mass is 19.1. The molecule has 0 spiro atoms. The number of fused-ring (bicyclic) bond motifs is 10. The average molecular weight is 1710 g/mol. The van der Waals surface area contributed by atoms with Crippen LogP contribution < -0.4 is 43.0 Å². The van der Waals surface area contributed by atoms with E-state index in [1.165, 1.54) is 43.0 Å². The summed E-state index contributed by atoms with van der Waals surface area (Å²) in [5, 5.41) is 40.0. The van der Waals surface area contributed by atoms with Gasteiger partial charge in [-0.3, -0.25) is 67.3 Å².